The molecule has 2 unspecified atom stereocenters. The lowest BCUT2D eigenvalue weighted by Gasteiger charge is -2.20. The molecule has 26 heavy (non-hydrogen) atoms. The first-order valence-corrected chi connectivity index (χ1v) is 8.15. The number of carboxylic acids is 1. The van der Waals surface area contributed by atoms with Crippen LogP contribution in [0.4, 0.5) is 4.39 Å². The standard InChI is InChI=1S/C17H22FN3O4.ClH/c1-11(12-4-6-13(18)7-5-12)20-15(22)9-19-16(23)10-21-8-2-3-14(21)17(24)25;/h4-7,11,14H,2-3,8-10H2,1H3,(H,19,23)(H,20,22)(H,24,25);1H. The monoisotopic (exact) mass is 387 g/mol. The molecule has 0 radical (unpaired) electrons. The fourth-order valence-corrected chi connectivity index (χ4v) is 2.84. The summed E-state index contributed by atoms with van der Waals surface area (Å²) in [6.07, 6.45) is 1.26. The van der Waals surface area contributed by atoms with E-state index < -0.39 is 17.9 Å². The van der Waals surface area contributed by atoms with Gasteiger partial charge in [0, 0.05) is 0 Å². The third kappa shape index (κ3) is 6.27. The van der Waals surface area contributed by atoms with E-state index in [1.165, 1.54) is 12.1 Å². The normalized spacial score (nSPS) is 17.8. The van der Waals surface area contributed by atoms with Crippen molar-refractivity contribution in [3.8, 4) is 0 Å². The van der Waals surface area contributed by atoms with Gasteiger partial charge in [0.05, 0.1) is 19.1 Å². The molecule has 2 amide bonds. The zero-order valence-electron chi connectivity index (χ0n) is 14.4. The lowest BCUT2D eigenvalue weighted by Crippen LogP contribution is -2.45. The minimum absolute atomic E-state index is 0. The highest BCUT2D eigenvalue weighted by atomic mass is 35.5. The fraction of sp³-hybridized carbons (Fsp3) is 0.471. The van der Waals surface area contributed by atoms with Gasteiger partial charge >= 0.3 is 5.97 Å². The molecule has 1 aromatic rings. The number of halogens is 2. The number of hydrogen-bond donors (Lipinski definition) is 3. The summed E-state index contributed by atoms with van der Waals surface area (Å²) >= 11 is 0. The molecule has 1 aliphatic heterocycles. The summed E-state index contributed by atoms with van der Waals surface area (Å²) in [4.78, 5) is 36.5. The van der Waals surface area contributed by atoms with E-state index in [4.69, 9.17) is 5.11 Å². The zero-order valence-corrected chi connectivity index (χ0v) is 15.2. The SMILES string of the molecule is CC(NC(=O)CNC(=O)CN1CCCC1C(=O)O)c1ccc(F)cc1.Cl. The number of nitrogens with zero attached hydrogens (tertiary/aromatic N) is 1. The molecule has 3 N–H and O–H groups in total. The maximum atomic E-state index is 12.9. The second-order valence-electron chi connectivity index (χ2n) is 6.08. The van der Waals surface area contributed by atoms with Crippen LogP contribution in [-0.4, -0.2) is 53.5 Å². The highest BCUT2D eigenvalue weighted by molar-refractivity contribution is 5.86. The molecule has 9 heteroatoms. The first-order valence-electron chi connectivity index (χ1n) is 8.15. The quantitative estimate of drug-likeness (QED) is 0.650. The first-order chi connectivity index (χ1) is 11.9. The van der Waals surface area contributed by atoms with Crippen molar-refractivity contribution < 1.29 is 23.9 Å². The van der Waals surface area contributed by atoms with Gasteiger partial charge in [0.25, 0.3) is 0 Å². The van der Waals surface area contributed by atoms with Crippen molar-refractivity contribution in [2.24, 2.45) is 0 Å². The van der Waals surface area contributed by atoms with Crippen LogP contribution >= 0.6 is 12.4 Å². The van der Waals surface area contributed by atoms with E-state index in [1.54, 1.807) is 24.0 Å². The van der Waals surface area contributed by atoms with Gasteiger partial charge in [0.2, 0.25) is 11.8 Å². The number of carbonyl (C=O) groups excluding carboxylic acids is 2. The minimum Gasteiger partial charge on any atom is -0.480 e. The van der Waals surface area contributed by atoms with Crippen molar-refractivity contribution >= 4 is 30.2 Å². The van der Waals surface area contributed by atoms with E-state index in [1.807, 2.05) is 0 Å². The number of carbonyl (C=O) groups is 3. The van der Waals surface area contributed by atoms with E-state index in [9.17, 15) is 18.8 Å². The molecule has 1 fully saturated rings. The molecular weight excluding hydrogens is 365 g/mol. The molecule has 1 aromatic carbocycles. The Bertz CT molecular complexity index is 641. The van der Waals surface area contributed by atoms with Gasteiger partial charge in [0.15, 0.2) is 0 Å². The Morgan fingerprint density at radius 3 is 2.54 bits per heavy atom. The van der Waals surface area contributed by atoms with Crippen LogP contribution in [0.3, 0.4) is 0 Å². The summed E-state index contributed by atoms with van der Waals surface area (Å²) in [6, 6.07) is 4.83. The third-order valence-electron chi connectivity index (χ3n) is 4.19. The van der Waals surface area contributed by atoms with Gasteiger partial charge in [0.1, 0.15) is 11.9 Å². The topological polar surface area (TPSA) is 98.7 Å². The third-order valence-corrected chi connectivity index (χ3v) is 4.19. The summed E-state index contributed by atoms with van der Waals surface area (Å²) in [5.41, 5.74) is 0.752. The zero-order chi connectivity index (χ0) is 18.4. The summed E-state index contributed by atoms with van der Waals surface area (Å²) in [6.45, 7) is 2.07. The van der Waals surface area contributed by atoms with Gasteiger partial charge in [-0.3, -0.25) is 19.3 Å². The second-order valence-corrected chi connectivity index (χ2v) is 6.08. The van der Waals surface area contributed by atoms with Crippen LogP contribution in [0.1, 0.15) is 31.4 Å². The van der Waals surface area contributed by atoms with Gasteiger partial charge in [-0.1, -0.05) is 12.1 Å². The molecule has 1 aliphatic rings. The number of benzene rings is 1. The molecule has 7 nitrogen and oxygen atoms in total. The van der Waals surface area contributed by atoms with Gasteiger partial charge < -0.3 is 15.7 Å². The summed E-state index contributed by atoms with van der Waals surface area (Å²) in [5, 5.41) is 14.3. The predicted molar refractivity (Wildman–Crippen MR) is 95.4 cm³/mol. The average Bonchev–Trinajstić information content (AvgIpc) is 3.02. The summed E-state index contributed by atoms with van der Waals surface area (Å²) in [7, 11) is 0. The number of nitrogens with one attached hydrogen (secondary N) is 2. The maximum Gasteiger partial charge on any atom is 0.320 e. The van der Waals surface area contributed by atoms with E-state index in [0.29, 0.717) is 13.0 Å². The van der Waals surface area contributed by atoms with Gasteiger partial charge in [-0.15, -0.1) is 12.4 Å². The maximum absolute atomic E-state index is 12.9. The molecule has 0 aromatic heterocycles. The van der Waals surface area contributed by atoms with Crippen LogP contribution in [0, 0.1) is 5.82 Å². The second kappa shape index (κ2) is 10.1. The van der Waals surface area contributed by atoms with Crippen LogP contribution in [-0.2, 0) is 14.4 Å². The molecule has 0 bridgehead atoms. The first kappa shape index (κ1) is 21.9. The van der Waals surface area contributed by atoms with Crippen LogP contribution in [0.5, 0.6) is 0 Å². The van der Waals surface area contributed by atoms with Crippen LogP contribution in [0.15, 0.2) is 24.3 Å². The molecule has 0 saturated carbocycles. The van der Waals surface area contributed by atoms with Crippen molar-refractivity contribution in [2.75, 3.05) is 19.6 Å². The lowest BCUT2D eigenvalue weighted by atomic mass is 10.1. The van der Waals surface area contributed by atoms with Crippen molar-refractivity contribution in [3.05, 3.63) is 35.6 Å². The molecule has 144 valence electrons. The Morgan fingerprint density at radius 2 is 1.92 bits per heavy atom. The molecule has 1 saturated heterocycles. The minimum atomic E-state index is -0.934. The van der Waals surface area contributed by atoms with E-state index >= 15 is 0 Å². The van der Waals surface area contributed by atoms with Gasteiger partial charge in [-0.25, -0.2) is 4.39 Å². The average molecular weight is 388 g/mol. The lowest BCUT2D eigenvalue weighted by molar-refractivity contribution is -0.142. The number of amides is 2. The van der Waals surface area contributed by atoms with Crippen LogP contribution < -0.4 is 10.6 Å². The number of hydrogen-bond acceptors (Lipinski definition) is 4. The van der Waals surface area contributed by atoms with Gasteiger partial charge in [-0.2, -0.15) is 0 Å². The highest BCUT2D eigenvalue weighted by Crippen LogP contribution is 2.16. The molecule has 2 atom stereocenters. The predicted octanol–water partition coefficient (Wildman–Crippen LogP) is 1.09. The highest BCUT2D eigenvalue weighted by Gasteiger charge is 2.31. The fourth-order valence-electron chi connectivity index (χ4n) is 2.84. The van der Waals surface area contributed by atoms with E-state index in [0.717, 1.165) is 12.0 Å². The van der Waals surface area contributed by atoms with Crippen molar-refractivity contribution in [1.82, 2.24) is 15.5 Å². The van der Waals surface area contributed by atoms with Crippen molar-refractivity contribution in [3.63, 3.8) is 0 Å². The molecule has 1 heterocycles. The van der Waals surface area contributed by atoms with Crippen LogP contribution in [0.25, 0.3) is 0 Å². The largest absolute Gasteiger partial charge is 0.480 e. The smallest absolute Gasteiger partial charge is 0.320 e. The molecule has 0 aliphatic carbocycles. The summed E-state index contributed by atoms with van der Waals surface area (Å²) in [5.74, 6) is -2.05. The Hall–Kier alpha value is -2.19. The Balaban J connectivity index is 0.00000338. The molecular formula is C17H23ClFN3O4. The Morgan fingerprint density at radius 1 is 1.27 bits per heavy atom. The summed E-state index contributed by atoms with van der Waals surface area (Å²) < 4.78 is 12.9. The van der Waals surface area contributed by atoms with Crippen molar-refractivity contribution in [1.29, 1.82) is 0 Å². The van der Waals surface area contributed by atoms with Crippen LogP contribution in [0.2, 0.25) is 0 Å². The number of likely N-dealkylation sites (tertiary alicyclic amines) is 1. The van der Waals surface area contributed by atoms with Gasteiger partial charge in [-0.05, 0) is 44.0 Å². The number of aliphatic carboxylic acids is 1. The van der Waals surface area contributed by atoms with E-state index in [-0.39, 0.29) is 43.3 Å². The van der Waals surface area contributed by atoms with E-state index in [2.05, 4.69) is 10.6 Å². The molecule has 0 spiro atoms. The molecule has 2 rings (SSSR count). The van der Waals surface area contributed by atoms with Crippen molar-refractivity contribution in [2.45, 2.75) is 31.8 Å². The number of carboxylic acid groups (broad SMARTS) is 1. The number of rotatable bonds is 7. The Kier molecular flexibility index (Phi) is 8.47. The Labute approximate surface area is 157 Å².